The van der Waals surface area contributed by atoms with E-state index in [1.807, 2.05) is 45.0 Å². The molecule has 0 aromatic heterocycles. The Morgan fingerprint density at radius 2 is 1.75 bits per heavy atom. The van der Waals surface area contributed by atoms with Crippen LogP contribution in [0, 0.1) is 6.92 Å². The SMILES string of the molecule is CCC(O)(CC)CNS(=O)(=O)/C=C/c1ccc(C)cc1. The predicted octanol–water partition coefficient (Wildman–Crippen LogP) is 2.44. The van der Waals surface area contributed by atoms with E-state index >= 15 is 0 Å². The molecule has 0 atom stereocenters. The van der Waals surface area contributed by atoms with Gasteiger partial charge < -0.3 is 5.11 Å². The van der Waals surface area contributed by atoms with E-state index in [2.05, 4.69) is 4.72 Å². The molecular weight excluding hydrogens is 274 g/mol. The molecule has 5 heteroatoms. The van der Waals surface area contributed by atoms with Crippen molar-refractivity contribution in [2.75, 3.05) is 6.54 Å². The molecule has 20 heavy (non-hydrogen) atoms. The maximum atomic E-state index is 11.8. The van der Waals surface area contributed by atoms with Gasteiger partial charge in [-0.2, -0.15) is 0 Å². The van der Waals surface area contributed by atoms with Gasteiger partial charge in [-0.15, -0.1) is 0 Å². The highest BCUT2D eigenvalue weighted by molar-refractivity contribution is 7.92. The fourth-order valence-corrected chi connectivity index (χ4v) is 2.53. The Hall–Kier alpha value is -1.17. The van der Waals surface area contributed by atoms with Crippen LogP contribution in [0.2, 0.25) is 0 Å². The quantitative estimate of drug-likeness (QED) is 0.812. The first-order chi connectivity index (χ1) is 9.30. The molecule has 4 nitrogen and oxygen atoms in total. The van der Waals surface area contributed by atoms with Crippen LogP contribution >= 0.6 is 0 Å². The Bertz CT molecular complexity index is 543. The second kappa shape index (κ2) is 7.02. The highest BCUT2D eigenvalue weighted by atomic mass is 32.2. The molecule has 1 rings (SSSR count). The van der Waals surface area contributed by atoms with E-state index in [1.54, 1.807) is 6.08 Å². The second-order valence-corrected chi connectivity index (χ2v) is 6.66. The van der Waals surface area contributed by atoms with Crippen molar-refractivity contribution in [3.8, 4) is 0 Å². The van der Waals surface area contributed by atoms with Gasteiger partial charge in [-0.3, -0.25) is 0 Å². The lowest BCUT2D eigenvalue weighted by molar-refractivity contribution is 0.0378. The molecule has 0 amide bonds. The van der Waals surface area contributed by atoms with Crippen LogP contribution in [-0.2, 0) is 10.0 Å². The zero-order valence-electron chi connectivity index (χ0n) is 12.3. The topological polar surface area (TPSA) is 66.4 Å². The van der Waals surface area contributed by atoms with E-state index in [0.29, 0.717) is 12.8 Å². The molecule has 0 aliphatic carbocycles. The number of benzene rings is 1. The van der Waals surface area contributed by atoms with Crippen LogP contribution in [0.5, 0.6) is 0 Å². The minimum absolute atomic E-state index is 0.0283. The number of aliphatic hydroxyl groups is 1. The van der Waals surface area contributed by atoms with Crippen LogP contribution in [-0.4, -0.2) is 25.7 Å². The van der Waals surface area contributed by atoms with Gasteiger partial charge in [0.25, 0.3) is 0 Å². The van der Waals surface area contributed by atoms with Gasteiger partial charge in [0.1, 0.15) is 0 Å². The van der Waals surface area contributed by atoms with Gasteiger partial charge in [0, 0.05) is 12.0 Å². The number of hydrogen-bond acceptors (Lipinski definition) is 3. The highest BCUT2D eigenvalue weighted by Gasteiger charge is 2.23. The Labute approximate surface area is 121 Å². The van der Waals surface area contributed by atoms with Crippen molar-refractivity contribution < 1.29 is 13.5 Å². The molecule has 0 unspecified atom stereocenters. The van der Waals surface area contributed by atoms with Crippen LogP contribution in [0.1, 0.15) is 37.8 Å². The van der Waals surface area contributed by atoms with Crippen molar-refractivity contribution in [2.45, 2.75) is 39.2 Å². The van der Waals surface area contributed by atoms with Gasteiger partial charge in [-0.1, -0.05) is 43.7 Å². The van der Waals surface area contributed by atoms with Gasteiger partial charge in [-0.25, -0.2) is 13.1 Å². The number of sulfonamides is 1. The van der Waals surface area contributed by atoms with Crippen LogP contribution < -0.4 is 4.72 Å². The standard InChI is InChI=1S/C15H23NO3S/c1-4-15(17,5-2)12-16-20(18,19)11-10-14-8-6-13(3)7-9-14/h6-11,16-17H,4-5,12H2,1-3H3/b11-10+. The average Bonchev–Trinajstić information content (AvgIpc) is 2.44. The van der Waals surface area contributed by atoms with Crippen molar-refractivity contribution in [2.24, 2.45) is 0 Å². The predicted molar refractivity (Wildman–Crippen MR) is 82.7 cm³/mol. The lowest BCUT2D eigenvalue weighted by Gasteiger charge is -2.24. The first-order valence-corrected chi connectivity index (χ1v) is 8.31. The van der Waals surface area contributed by atoms with E-state index in [0.717, 1.165) is 16.5 Å². The molecule has 0 aliphatic heterocycles. The number of aryl methyl sites for hydroxylation is 1. The third-order valence-corrected chi connectivity index (χ3v) is 4.48. The number of hydrogen-bond donors (Lipinski definition) is 2. The first kappa shape index (κ1) is 16.9. The normalized spacial score (nSPS) is 13.0. The van der Waals surface area contributed by atoms with E-state index in [4.69, 9.17) is 0 Å². The lowest BCUT2D eigenvalue weighted by atomic mass is 9.98. The summed E-state index contributed by atoms with van der Waals surface area (Å²) in [4.78, 5) is 0. The largest absolute Gasteiger partial charge is 0.389 e. The van der Waals surface area contributed by atoms with Crippen molar-refractivity contribution in [3.05, 3.63) is 40.8 Å². The maximum absolute atomic E-state index is 11.8. The van der Waals surface area contributed by atoms with Gasteiger partial charge in [-0.05, 0) is 31.4 Å². The molecule has 0 radical (unpaired) electrons. The molecule has 0 spiro atoms. The second-order valence-electron chi connectivity index (χ2n) is 5.01. The fourth-order valence-electron chi connectivity index (χ4n) is 1.63. The van der Waals surface area contributed by atoms with E-state index < -0.39 is 15.6 Å². The van der Waals surface area contributed by atoms with Gasteiger partial charge >= 0.3 is 0 Å². The van der Waals surface area contributed by atoms with Crippen LogP contribution in [0.15, 0.2) is 29.7 Å². The van der Waals surface area contributed by atoms with Crippen LogP contribution in [0.3, 0.4) is 0 Å². The summed E-state index contributed by atoms with van der Waals surface area (Å²) >= 11 is 0. The van der Waals surface area contributed by atoms with Crippen LogP contribution in [0.4, 0.5) is 0 Å². The summed E-state index contributed by atoms with van der Waals surface area (Å²) < 4.78 is 26.1. The molecule has 0 bridgehead atoms. The summed E-state index contributed by atoms with van der Waals surface area (Å²) in [5.74, 6) is 0. The summed E-state index contributed by atoms with van der Waals surface area (Å²) in [6, 6.07) is 7.56. The Kier molecular flexibility index (Phi) is 5.92. The Morgan fingerprint density at radius 3 is 2.25 bits per heavy atom. The Morgan fingerprint density at radius 1 is 1.20 bits per heavy atom. The van der Waals surface area contributed by atoms with E-state index in [9.17, 15) is 13.5 Å². The smallest absolute Gasteiger partial charge is 0.233 e. The minimum Gasteiger partial charge on any atom is -0.389 e. The summed E-state index contributed by atoms with van der Waals surface area (Å²) in [5, 5.41) is 11.2. The molecule has 112 valence electrons. The molecular formula is C15H23NO3S. The number of rotatable bonds is 7. The third-order valence-electron chi connectivity index (χ3n) is 3.44. The minimum atomic E-state index is -3.53. The fraction of sp³-hybridized carbons (Fsp3) is 0.467. The average molecular weight is 297 g/mol. The lowest BCUT2D eigenvalue weighted by Crippen LogP contribution is -2.41. The molecule has 0 heterocycles. The molecule has 0 fully saturated rings. The monoisotopic (exact) mass is 297 g/mol. The molecule has 2 N–H and O–H groups in total. The summed E-state index contributed by atoms with van der Waals surface area (Å²) in [7, 11) is -3.53. The summed E-state index contributed by atoms with van der Waals surface area (Å²) in [6.07, 6.45) is 2.56. The van der Waals surface area contributed by atoms with Gasteiger partial charge in [0.2, 0.25) is 10.0 Å². The third kappa shape index (κ3) is 5.45. The Balaban J connectivity index is 2.68. The zero-order chi connectivity index (χ0) is 15.2. The van der Waals surface area contributed by atoms with Crippen LogP contribution in [0.25, 0.3) is 6.08 Å². The highest BCUT2D eigenvalue weighted by Crippen LogP contribution is 2.13. The number of nitrogens with one attached hydrogen (secondary N) is 1. The molecule has 0 saturated carbocycles. The van der Waals surface area contributed by atoms with Crippen molar-refractivity contribution in [1.29, 1.82) is 0 Å². The summed E-state index contributed by atoms with van der Waals surface area (Å²) in [5.41, 5.74) is 0.964. The van der Waals surface area contributed by atoms with Crippen molar-refractivity contribution >= 4 is 16.1 Å². The zero-order valence-corrected chi connectivity index (χ0v) is 13.1. The van der Waals surface area contributed by atoms with Gasteiger partial charge in [0.05, 0.1) is 5.60 Å². The molecule has 1 aromatic rings. The first-order valence-electron chi connectivity index (χ1n) is 6.77. The molecule has 1 aromatic carbocycles. The van der Waals surface area contributed by atoms with E-state index in [1.165, 1.54) is 0 Å². The summed E-state index contributed by atoms with van der Waals surface area (Å²) in [6.45, 7) is 5.67. The van der Waals surface area contributed by atoms with E-state index in [-0.39, 0.29) is 6.54 Å². The van der Waals surface area contributed by atoms with Gasteiger partial charge in [0.15, 0.2) is 0 Å². The van der Waals surface area contributed by atoms with Crippen molar-refractivity contribution in [3.63, 3.8) is 0 Å². The maximum Gasteiger partial charge on any atom is 0.233 e. The van der Waals surface area contributed by atoms with Crippen molar-refractivity contribution in [1.82, 2.24) is 4.72 Å². The molecule has 0 aliphatic rings. The molecule has 0 saturated heterocycles.